The van der Waals surface area contributed by atoms with Crippen LogP contribution in [0.5, 0.6) is 0 Å². The van der Waals surface area contributed by atoms with Gasteiger partial charge < -0.3 is 7.43 Å². The van der Waals surface area contributed by atoms with Gasteiger partial charge in [-0.1, -0.05) is 79.8 Å². The van der Waals surface area contributed by atoms with Gasteiger partial charge in [0.1, 0.15) is 0 Å². The zero-order valence-electron chi connectivity index (χ0n) is 11.7. The minimum atomic E-state index is 0. The Morgan fingerprint density at radius 2 is 1.22 bits per heavy atom. The first kappa shape index (κ1) is 26.8. The molecule has 0 amide bonds. The summed E-state index contributed by atoms with van der Waals surface area (Å²) in [7, 11) is 0. The molecule has 0 saturated carbocycles. The van der Waals surface area contributed by atoms with Crippen LogP contribution in [0.3, 0.4) is 0 Å². The summed E-state index contributed by atoms with van der Waals surface area (Å²) in [6.07, 6.45) is 1.15. The monoisotopic (exact) mass is 326 g/mol. The molecule has 1 heteroatoms. The van der Waals surface area contributed by atoms with Crippen molar-refractivity contribution in [3.8, 4) is 0 Å². The van der Waals surface area contributed by atoms with E-state index in [1.165, 1.54) is 5.56 Å². The Morgan fingerprint density at radius 1 is 0.833 bits per heavy atom. The summed E-state index contributed by atoms with van der Waals surface area (Å²) >= 11 is 0. The maximum atomic E-state index is 2.35. The second-order valence-corrected chi connectivity index (χ2v) is 5.80. The molecule has 0 N–H and O–H groups in total. The van der Waals surface area contributed by atoms with E-state index in [1.54, 1.807) is 0 Å². The molecule has 0 spiro atoms. The van der Waals surface area contributed by atoms with Crippen LogP contribution in [0, 0.1) is 18.3 Å². The van der Waals surface area contributed by atoms with Gasteiger partial charge in [-0.2, -0.15) is 0 Å². The van der Waals surface area contributed by atoms with Gasteiger partial charge in [-0.05, 0) is 22.8 Å². The Balaban J connectivity index is -0.000000245. The Hall–Kier alpha value is 0.324. The third-order valence-electron chi connectivity index (χ3n) is 3.52. The van der Waals surface area contributed by atoms with Crippen molar-refractivity contribution in [2.45, 2.75) is 55.9 Å². The van der Waals surface area contributed by atoms with E-state index in [4.69, 9.17) is 0 Å². The van der Waals surface area contributed by atoms with Gasteiger partial charge >= 0.3 is 0 Å². The predicted octanol–water partition coefficient (Wildman–Crippen LogP) is 6.02. The van der Waals surface area contributed by atoms with Crippen LogP contribution in [0.15, 0.2) is 30.3 Å². The van der Waals surface area contributed by atoms with E-state index in [-0.39, 0.29) is 55.0 Å². The van der Waals surface area contributed by atoms with Crippen LogP contribution in [-0.2, 0) is 39.1 Å². The fourth-order valence-corrected chi connectivity index (χ4v) is 1.37. The van der Waals surface area contributed by atoms with Crippen molar-refractivity contribution < 1.29 is 32.7 Å². The quantitative estimate of drug-likeness (QED) is 0.583. The smallest absolute Gasteiger partial charge is 0 e. The molecule has 1 radical (unpaired) electrons. The Kier molecular flexibility index (Phi) is 15.1. The summed E-state index contributed by atoms with van der Waals surface area (Å²) in [6, 6.07) is 10.7. The second kappa shape index (κ2) is 10.2. The topological polar surface area (TPSA) is 0 Å². The number of hydrogen-bond donors (Lipinski definition) is 0. The van der Waals surface area contributed by atoms with Gasteiger partial charge in [0.15, 0.2) is 0 Å². The van der Waals surface area contributed by atoms with Gasteiger partial charge in [0.25, 0.3) is 0 Å². The third-order valence-corrected chi connectivity index (χ3v) is 3.52. The van der Waals surface area contributed by atoms with Crippen LogP contribution in [0.25, 0.3) is 0 Å². The molecule has 1 aromatic rings. The number of hydrogen-bond acceptors (Lipinski definition) is 0. The molecular weight excluding hydrogens is 293 g/mol. The summed E-state index contributed by atoms with van der Waals surface area (Å²) in [5, 5.41) is 0. The van der Waals surface area contributed by atoms with E-state index in [9.17, 15) is 0 Å². The molecular formula is C17H33Y-. The summed E-state index contributed by atoms with van der Waals surface area (Å²) < 4.78 is 0. The van der Waals surface area contributed by atoms with E-state index in [1.807, 2.05) is 0 Å². The Morgan fingerprint density at radius 3 is 1.56 bits per heavy atom. The number of rotatable bonds is 2. The van der Waals surface area contributed by atoms with Crippen molar-refractivity contribution in [2.24, 2.45) is 10.8 Å². The molecule has 0 unspecified atom stereocenters. The van der Waals surface area contributed by atoms with Crippen molar-refractivity contribution >= 4 is 0 Å². The summed E-state index contributed by atoms with van der Waals surface area (Å²) in [6.45, 7) is 11.6. The molecule has 0 bridgehead atoms. The molecule has 0 aromatic heterocycles. The molecule has 0 aliphatic rings. The van der Waals surface area contributed by atoms with Crippen molar-refractivity contribution in [1.29, 1.82) is 0 Å². The zero-order valence-corrected chi connectivity index (χ0v) is 14.5. The SMILES string of the molecule is C.C.CC(C)(C)C(C)(C)Cc1ccccc1.[CH3-].[Y]. The molecule has 0 heterocycles. The fraction of sp³-hybridized carbons (Fsp3) is 0.588. The molecule has 0 aliphatic heterocycles. The molecule has 0 atom stereocenters. The summed E-state index contributed by atoms with van der Waals surface area (Å²) in [5.74, 6) is 0. The first-order chi connectivity index (χ1) is 6.33. The summed E-state index contributed by atoms with van der Waals surface area (Å²) in [5.41, 5.74) is 2.13. The van der Waals surface area contributed by atoms with E-state index in [0.717, 1.165) is 6.42 Å². The summed E-state index contributed by atoms with van der Waals surface area (Å²) in [4.78, 5) is 0. The zero-order chi connectivity index (χ0) is 10.8. The third kappa shape index (κ3) is 7.69. The standard InChI is InChI=1S/C14H22.2CH4.CH3.Y/c1-13(2,3)14(4,5)11-12-9-7-6-8-10-12;;;;/h6-10H,11H2,1-5H3;2*1H4;1H3;/q;;;-1;. The van der Waals surface area contributed by atoms with Gasteiger partial charge in [-0.15, -0.1) is 0 Å². The van der Waals surface area contributed by atoms with E-state index >= 15 is 0 Å². The van der Waals surface area contributed by atoms with Crippen LogP contribution in [0.1, 0.15) is 55.0 Å². The van der Waals surface area contributed by atoms with Crippen LogP contribution < -0.4 is 0 Å². The molecule has 1 rings (SSSR count). The Labute approximate surface area is 142 Å². The first-order valence-electron chi connectivity index (χ1n) is 5.37. The van der Waals surface area contributed by atoms with Gasteiger partial charge in [0.05, 0.1) is 0 Å². The molecule has 105 valence electrons. The minimum Gasteiger partial charge on any atom is -0.358 e. The van der Waals surface area contributed by atoms with Crippen LogP contribution in [-0.4, -0.2) is 0 Å². The van der Waals surface area contributed by atoms with Gasteiger partial charge in [-0.3, -0.25) is 0 Å². The van der Waals surface area contributed by atoms with Crippen molar-refractivity contribution in [2.75, 3.05) is 0 Å². The van der Waals surface area contributed by atoms with Crippen LogP contribution in [0.4, 0.5) is 0 Å². The van der Waals surface area contributed by atoms with Crippen molar-refractivity contribution in [3.05, 3.63) is 43.3 Å². The Bertz CT molecular complexity index is 280. The average Bonchev–Trinajstić information content (AvgIpc) is 2.03. The fourth-order valence-electron chi connectivity index (χ4n) is 1.37. The van der Waals surface area contributed by atoms with E-state index in [0.29, 0.717) is 10.8 Å². The molecule has 0 fully saturated rings. The first-order valence-corrected chi connectivity index (χ1v) is 5.37. The largest absolute Gasteiger partial charge is 0.358 e. The maximum Gasteiger partial charge on any atom is 0 e. The van der Waals surface area contributed by atoms with E-state index in [2.05, 4.69) is 65.0 Å². The van der Waals surface area contributed by atoms with Gasteiger partial charge in [-0.25, -0.2) is 0 Å². The second-order valence-electron chi connectivity index (χ2n) is 5.80. The van der Waals surface area contributed by atoms with Crippen molar-refractivity contribution in [3.63, 3.8) is 0 Å². The molecule has 0 saturated heterocycles. The molecule has 0 nitrogen and oxygen atoms in total. The van der Waals surface area contributed by atoms with Crippen LogP contribution >= 0.6 is 0 Å². The van der Waals surface area contributed by atoms with E-state index < -0.39 is 0 Å². The van der Waals surface area contributed by atoms with Gasteiger partial charge in [0, 0.05) is 32.7 Å². The predicted molar refractivity (Wildman–Crippen MR) is 83.3 cm³/mol. The van der Waals surface area contributed by atoms with Crippen LogP contribution in [0.2, 0.25) is 0 Å². The maximum absolute atomic E-state index is 2.35. The average molecular weight is 326 g/mol. The molecule has 1 aromatic carbocycles. The molecule has 0 aliphatic carbocycles. The normalized spacial score (nSPS) is 10.1. The molecule has 18 heavy (non-hydrogen) atoms. The van der Waals surface area contributed by atoms with Crippen molar-refractivity contribution in [1.82, 2.24) is 0 Å². The number of benzene rings is 1. The minimum absolute atomic E-state index is 0. The van der Waals surface area contributed by atoms with Gasteiger partial charge in [0.2, 0.25) is 0 Å².